The molecule has 8 heteroatoms. The van der Waals surface area contributed by atoms with Crippen LogP contribution in [0.3, 0.4) is 0 Å². The third-order valence-electron chi connectivity index (χ3n) is 4.93. The Kier molecular flexibility index (Phi) is 5.31. The number of piperazine rings is 1. The molecule has 1 fully saturated rings. The van der Waals surface area contributed by atoms with Crippen molar-refractivity contribution >= 4 is 34.5 Å². The van der Waals surface area contributed by atoms with Gasteiger partial charge in [-0.1, -0.05) is 23.7 Å². The molecule has 4 rings (SSSR count). The molecule has 1 amide bonds. The smallest absolute Gasteiger partial charge is 0.295 e. The van der Waals surface area contributed by atoms with Crippen LogP contribution in [-0.4, -0.2) is 51.5 Å². The van der Waals surface area contributed by atoms with Crippen LogP contribution < -0.4 is 10.5 Å². The molecule has 148 valence electrons. The molecule has 1 aromatic carbocycles. The summed E-state index contributed by atoms with van der Waals surface area (Å²) < 4.78 is 1.58. The molecule has 0 N–H and O–H groups in total. The van der Waals surface area contributed by atoms with Crippen molar-refractivity contribution in [2.75, 3.05) is 31.1 Å². The fourth-order valence-electron chi connectivity index (χ4n) is 3.49. The maximum absolute atomic E-state index is 13.0. The number of amides is 1. The van der Waals surface area contributed by atoms with Gasteiger partial charge in [-0.05, 0) is 30.3 Å². The molecule has 0 unspecified atom stereocenters. The third kappa shape index (κ3) is 3.73. The second-order valence-corrected chi connectivity index (χ2v) is 7.21. The number of halogens is 1. The molecule has 0 bridgehead atoms. The molecule has 1 saturated heterocycles. The number of fused-ring (bicyclic) bond motifs is 1. The topological polar surface area (TPSA) is 71.3 Å². The highest BCUT2D eigenvalue weighted by atomic mass is 35.5. The van der Waals surface area contributed by atoms with E-state index in [2.05, 4.69) is 16.5 Å². The van der Waals surface area contributed by atoms with Crippen molar-refractivity contribution in [3.63, 3.8) is 0 Å². The highest BCUT2D eigenvalue weighted by molar-refractivity contribution is 6.30. The molecule has 3 heterocycles. The standard InChI is InChI=1S/C21H20ClN5O2/c1-2-9-27-18-17(7-4-8-23-18)24-19(21(27)29)25-10-12-26(13-11-25)20(28)15-5-3-6-16(22)14-15/h2-8,14H,1,9-13H2. The molecule has 29 heavy (non-hydrogen) atoms. The second-order valence-electron chi connectivity index (χ2n) is 6.78. The minimum Gasteiger partial charge on any atom is -0.348 e. The molecule has 2 aromatic heterocycles. The fourth-order valence-corrected chi connectivity index (χ4v) is 3.68. The van der Waals surface area contributed by atoms with E-state index in [0.29, 0.717) is 60.3 Å². The predicted octanol–water partition coefficient (Wildman–Crippen LogP) is 2.59. The number of carbonyl (C=O) groups is 1. The number of hydrogen-bond donors (Lipinski definition) is 0. The van der Waals surface area contributed by atoms with Crippen LogP contribution in [0.1, 0.15) is 10.4 Å². The van der Waals surface area contributed by atoms with E-state index in [4.69, 9.17) is 11.6 Å². The Labute approximate surface area is 172 Å². The Hall–Kier alpha value is -3.19. The maximum Gasteiger partial charge on any atom is 0.295 e. The van der Waals surface area contributed by atoms with Crippen LogP contribution in [0.2, 0.25) is 5.02 Å². The zero-order valence-electron chi connectivity index (χ0n) is 15.8. The third-order valence-corrected chi connectivity index (χ3v) is 5.17. The zero-order chi connectivity index (χ0) is 20.4. The summed E-state index contributed by atoms with van der Waals surface area (Å²) >= 11 is 6.00. The Morgan fingerprint density at radius 1 is 1.17 bits per heavy atom. The van der Waals surface area contributed by atoms with E-state index < -0.39 is 0 Å². The van der Waals surface area contributed by atoms with Gasteiger partial charge in [0.15, 0.2) is 11.5 Å². The number of anilines is 1. The largest absolute Gasteiger partial charge is 0.348 e. The van der Waals surface area contributed by atoms with Crippen LogP contribution >= 0.6 is 11.6 Å². The quantitative estimate of drug-likeness (QED) is 0.619. The Bertz CT molecular complexity index is 1140. The van der Waals surface area contributed by atoms with Crippen molar-refractivity contribution in [1.82, 2.24) is 19.4 Å². The van der Waals surface area contributed by atoms with Gasteiger partial charge in [-0.25, -0.2) is 9.97 Å². The molecule has 7 nitrogen and oxygen atoms in total. The molecule has 0 aliphatic carbocycles. The summed E-state index contributed by atoms with van der Waals surface area (Å²) in [6.07, 6.45) is 3.31. The minimum absolute atomic E-state index is 0.0631. The van der Waals surface area contributed by atoms with Gasteiger partial charge < -0.3 is 9.80 Å². The lowest BCUT2D eigenvalue weighted by Crippen LogP contribution is -2.50. The zero-order valence-corrected chi connectivity index (χ0v) is 16.5. The van der Waals surface area contributed by atoms with Gasteiger partial charge in [0.1, 0.15) is 5.52 Å². The van der Waals surface area contributed by atoms with E-state index in [9.17, 15) is 9.59 Å². The number of pyridine rings is 1. The normalized spacial score (nSPS) is 14.2. The first-order chi connectivity index (χ1) is 14.1. The monoisotopic (exact) mass is 409 g/mol. The van der Waals surface area contributed by atoms with Crippen LogP contribution in [0.25, 0.3) is 11.2 Å². The number of aromatic nitrogens is 3. The van der Waals surface area contributed by atoms with Crippen LogP contribution in [0.4, 0.5) is 5.82 Å². The van der Waals surface area contributed by atoms with Crippen molar-refractivity contribution in [2.24, 2.45) is 0 Å². The average Bonchev–Trinajstić information content (AvgIpc) is 2.75. The van der Waals surface area contributed by atoms with Gasteiger partial charge in [-0.15, -0.1) is 6.58 Å². The molecule has 3 aromatic rings. The van der Waals surface area contributed by atoms with E-state index >= 15 is 0 Å². The highest BCUT2D eigenvalue weighted by Gasteiger charge is 2.25. The maximum atomic E-state index is 13.0. The van der Waals surface area contributed by atoms with Crippen molar-refractivity contribution < 1.29 is 4.79 Å². The molecule has 0 spiro atoms. The van der Waals surface area contributed by atoms with Crippen LogP contribution in [0.5, 0.6) is 0 Å². The lowest BCUT2D eigenvalue weighted by molar-refractivity contribution is 0.0746. The molecule has 1 aliphatic heterocycles. The first-order valence-corrected chi connectivity index (χ1v) is 9.72. The number of rotatable bonds is 4. The van der Waals surface area contributed by atoms with Crippen LogP contribution in [0.15, 0.2) is 60.0 Å². The SMILES string of the molecule is C=CCn1c(=O)c(N2CCN(C(=O)c3cccc(Cl)c3)CC2)nc2cccnc21. The lowest BCUT2D eigenvalue weighted by Gasteiger charge is -2.35. The fraction of sp³-hybridized carbons (Fsp3) is 0.238. The van der Waals surface area contributed by atoms with E-state index in [1.54, 1.807) is 52.1 Å². The number of carbonyl (C=O) groups excluding carboxylic acids is 1. The number of hydrogen-bond acceptors (Lipinski definition) is 5. The first-order valence-electron chi connectivity index (χ1n) is 9.35. The van der Waals surface area contributed by atoms with Gasteiger partial charge in [0.2, 0.25) is 0 Å². The van der Waals surface area contributed by atoms with Gasteiger partial charge in [-0.2, -0.15) is 0 Å². The van der Waals surface area contributed by atoms with Crippen LogP contribution in [-0.2, 0) is 6.54 Å². The molecular formula is C21H20ClN5O2. The molecule has 0 saturated carbocycles. The van der Waals surface area contributed by atoms with E-state index in [-0.39, 0.29) is 11.5 Å². The first kappa shape index (κ1) is 19.1. The van der Waals surface area contributed by atoms with E-state index in [1.165, 1.54) is 0 Å². The summed E-state index contributed by atoms with van der Waals surface area (Å²) in [6.45, 7) is 6.13. The molecule has 1 aliphatic rings. The molecule has 0 atom stereocenters. The van der Waals surface area contributed by atoms with E-state index in [1.807, 2.05) is 11.0 Å². The summed E-state index contributed by atoms with van der Waals surface area (Å²) in [4.78, 5) is 38.3. The Morgan fingerprint density at radius 3 is 2.69 bits per heavy atom. The van der Waals surface area contributed by atoms with E-state index in [0.717, 1.165) is 0 Å². The summed E-state index contributed by atoms with van der Waals surface area (Å²) in [7, 11) is 0. The minimum atomic E-state index is -0.203. The summed E-state index contributed by atoms with van der Waals surface area (Å²) in [5, 5.41) is 0.534. The number of benzene rings is 1. The molecule has 0 radical (unpaired) electrons. The average molecular weight is 410 g/mol. The van der Waals surface area contributed by atoms with Gasteiger partial charge in [0, 0.05) is 49.5 Å². The van der Waals surface area contributed by atoms with Crippen molar-refractivity contribution in [1.29, 1.82) is 0 Å². The predicted molar refractivity (Wildman–Crippen MR) is 114 cm³/mol. The van der Waals surface area contributed by atoms with Crippen LogP contribution in [0, 0.1) is 0 Å². The Morgan fingerprint density at radius 2 is 1.97 bits per heavy atom. The van der Waals surface area contributed by atoms with Gasteiger partial charge in [-0.3, -0.25) is 14.2 Å². The highest BCUT2D eigenvalue weighted by Crippen LogP contribution is 2.17. The second kappa shape index (κ2) is 8.05. The van der Waals surface area contributed by atoms with Gasteiger partial charge in [0.05, 0.1) is 0 Å². The van der Waals surface area contributed by atoms with Gasteiger partial charge >= 0.3 is 0 Å². The summed E-state index contributed by atoms with van der Waals surface area (Å²) in [5.41, 5.74) is 1.55. The Balaban J connectivity index is 1.58. The lowest BCUT2D eigenvalue weighted by atomic mass is 10.2. The number of allylic oxidation sites excluding steroid dienone is 1. The van der Waals surface area contributed by atoms with Crippen molar-refractivity contribution in [3.05, 3.63) is 76.2 Å². The number of nitrogens with zero attached hydrogens (tertiary/aromatic N) is 5. The summed E-state index contributed by atoms with van der Waals surface area (Å²) in [6, 6.07) is 10.6. The van der Waals surface area contributed by atoms with Crippen molar-refractivity contribution in [2.45, 2.75) is 6.54 Å². The van der Waals surface area contributed by atoms with Crippen molar-refractivity contribution in [3.8, 4) is 0 Å². The van der Waals surface area contributed by atoms with Gasteiger partial charge in [0.25, 0.3) is 11.5 Å². The molecular weight excluding hydrogens is 390 g/mol. The summed E-state index contributed by atoms with van der Waals surface area (Å²) in [5.74, 6) is 0.314.